The minimum absolute atomic E-state index is 0.247. The summed E-state index contributed by atoms with van der Waals surface area (Å²) in [6, 6.07) is 0. The van der Waals surface area contributed by atoms with E-state index in [1.165, 1.54) is 6.26 Å². The monoisotopic (exact) mass is 330 g/mol. The summed E-state index contributed by atoms with van der Waals surface area (Å²) >= 11 is 0. The summed E-state index contributed by atoms with van der Waals surface area (Å²) in [5, 5.41) is 0. The van der Waals surface area contributed by atoms with Gasteiger partial charge in [-0.15, -0.1) is 0 Å². The van der Waals surface area contributed by atoms with Gasteiger partial charge < -0.3 is 33.2 Å². The van der Waals surface area contributed by atoms with Crippen molar-refractivity contribution >= 4 is 0 Å². The maximum absolute atomic E-state index is 6.03. The first kappa shape index (κ1) is 17.1. The molecule has 0 aliphatic carbocycles. The Morgan fingerprint density at radius 2 is 1.57 bits per heavy atom. The van der Waals surface area contributed by atoms with Crippen LogP contribution in [0, 0.1) is 0 Å². The molecule has 23 heavy (non-hydrogen) atoms. The molecule has 5 unspecified atom stereocenters. The molecule has 3 aliphatic heterocycles. The highest BCUT2D eigenvalue weighted by atomic mass is 16.9. The van der Waals surface area contributed by atoms with Gasteiger partial charge in [0.15, 0.2) is 17.9 Å². The predicted octanol–water partition coefficient (Wildman–Crippen LogP) is 1.56. The normalized spacial score (nSPS) is 40.4. The lowest BCUT2D eigenvalue weighted by atomic mass is 9.99. The first-order chi connectivity index (χ1) is 10.8. The van der Waals surface area contributed by atoms with Crippen LogP contribution < -0.4 is 0 Å². The molecule has 3 heterocycles. The van der Waals surface area contributed by atoms with Gasteiger partial charge in [0.25, 0.3) is 0 Å². The molecule has 0 N–H and O–H groups in total. The predicted molar refractivity (Wildman–Crippen MR) is 79.5 cm³/mol. The average Bonchev–Trinajstić information content (AvgIpc) is 2.93. The highest BCUT2D eigenvalue weighted by Gasteiger charge is 2.60. The van der Waals surface area contributed by atoms with Crippen molar-refractivity contribution in [3.05, 3.63) is 12.8 Å². The van der Waals surface area contributed by atoms with Crippen molar-refractivity contribution in [1.82, 2.24) is 0 Å². The molecule has 0 bridgehead atoms. The van der Waals surface area contributed by atoms with E-state index in [0.29, 0.717) is 19.8 Å². The number of hydrogen-bond donors (Lipinski definition) is 0. The number of ether oxygens (including phenoxy) is 7. The van der Waals surface area contributed by atoms with Crippen LogP contribution in [0.5, 0.6) is 0 Å². The Balaban J connectivity index is 1.65. The smallest absolute Gasteiger partial charge is 0.190 e. The number of hydrogen-bond acceptors (Lipinski definition) is 7. The van der Waals surface area contributed by atoms with E-state index in [1.54, 1.807) is 0 Å². The summed E-state index contributed by atoms with van der Waals surface area (Å²) in [5.41, 5.74) is 0. The zero-order valence-corrected chi connectivity index (χ0v) is 14.2. The summed E-state index contributed by atoms with van der Waals surface area (Å²) in [6.07, 6.45) is -0.195. The quantitative estimate of drug-likeness (QED) is 0.541. The van der Waals surface area contributed by atoms with E-state index >= 15 is 0 Å². The van der Waals surface area contributed by atoms with Gasteiger partial charge in [-0.25, -0.2) is 0 Å². The molecule has 0 saturated carbocycles. The van der Waals surface area contributed by atoms with Crippen LogP contribution in [0.2, 0.25) is 0 Å². The lowest BCUT2D eigenvalue weighted by Crippen LogP contribution is -2.56. The molecule has 3 rings (SSSR count). The van der Waals surface area contributed by atoms with Crippen LogP contribution >= 0.6 is 0 Å². The van der Waals surface area contributed by atoms with Gasteiger partial charge in [0.05, 0.1) is 19.5 Å². The van der Waals surface area contributed by atoms with Crippen LogP contribution in [0.1, 0.15) is 27.7 Å². The molecule has 7 heteroatoms. The molecular weight excluding hydrogens is 304 g/mol. The second kappa shape index (κ2) is 6.31. The van der Waals surface area contributed by atoms with E-state index in [1.807, 2.05) is 27.7 Å². The highest BCUT2D eigenvalue weighted by Crippen LogP contribution is 2.44. The molecule has 3 saturated heterocycles. The molecule has 0 radical (unpaired) electrons. The van der Waals surface area contributed by atoms with E-state index in [2.05, 4.69) is 6.58 Å². The van der Waals surface area contributed by atoms with E-state index < -0.39 is 17.9 Å². The first-order valence-corrected chi connectivity index (χ1v) is 7.98. The Hall–Kier alpha value is -0.700. The van der Waals surface area contributed by atoms with Crippen LogP contribution in [0.15, 0.2) is 12.8 Å². The van der Waals surface area contributed by atoms with Crippen molar-refractivity contribution < 1.29 is 33.2 Å². The fraction of sp³-hybridized carbons (Fsp3) is 0.875. The summed E-state index contributed by atoms with van der Waals surface area (Å²) < 4.78 is 40.5. The highest BCUT2D eigenvalue weighted by molar-refractivity contribution is 5.00. The van der Waals surface area contributed by atoms with Gasteiger partial charge in [0.2, 0.25) is 0 Å². The van der Waals surface area contributed by atoms with Crippen LogP contribution in [-0.2, 0) is 33.2 Å². The van der Waals surface area contributed by atoms with Crippen molar-refractivity contribution in [2.24, 2.45) is 0 Å². The Morgan fingerprint density at radius 3 is 2.30 bits per heavy atom. The van der Waals surface area contributed by atoms with E-state index in [-0.39, 0.29) is 24.4 Å². The van der Waals surface area contributed by atoms with Gasteiger partial charge in [-0.3, -0.25) is 0 Å². The SMILES string of the molecule is C=COCCOCC1OC2OC(C)(C)OC2C2OC(C)(C)OC12. The maximum atomic E-state index is 6.03. The van der Waals surface area contributed by atoms with Crippen molar-refractivity contribution in [2.75, 3.05) is 19.8 Å². The molecule has 0 spiro atoms. The van der Waals surface area contributed by atoms with E-state index in [4.69, 9.17) is 33.2 Å². The van der Waals surface area contributed by atoms with E-state index in [0.717, 1.165) is 0 Å². The lowest BCUT2D eigenvalue weighted by Gasteiger charge is -2.37. The molecule has 3 aliphatic rings. The third-order valence-corrected chi connectivity index (χ3v) is 4.00. The standard InChI is InChI=1S/C16H26O7/c1-6-17-7-8-18-9-10-11-12(21-15(2,3)20-11)13-14(19-10)23-16(4,5)22-13/h6,10-14H,1,7-9H2,2-5H3. The summed E-state index contributed by atoms with van der Waals surface area (Å²) in [5.74, 6) is -1.39. The van der Waals surface area contributed by atoms with Crippen molar-refractivity contribution in [3.63, 3.8) is 0 Å². The molecule has 0 amide bonds. The van der Waals surface area contributed by atoms with Gasteiger partial charge in [0, 0.05) is 0 Å². The number of fused-ring (bicyclic) bond motifs is 3. The minimum Gasteiger partial charge on any atom is -0.499 e. The average molecular weight is 330 g/mol. The number of rotatable bonds is 6. The topological polar surface area (TPSA) is 64.6 Å². The third-order valence-electron chi connectivity index (χ3n) is 4.00. The van der Waals surface area contributed by atoms with Gasteiger partial charge in [-0.1, -0.05) is 6.58 Å². The Labute approximate surface area is 136 Å². The Bertz CT molecular complexity index is 436. The first-order valence-electron chi connectivity index (χ1n) is 7.98. The molecule has 5 atom stereocenters. The van der Waals surface area contributed by atoms with Crippen LogP contribution in [0.3, 0.4) is 0 Å². The van der Waals surface area contributed by atoms with Crippen LogP contribution in [0.4, 0.5) is 0 Å². The third kappa shape index (κ3) is 3.70. The second-order valence-electron chi connectivity index (χ2n) is 6.82. The molecule has 132 valence electrons. The summed E-state index contributed by atoms with van der Waals surface area (Å²) in [4.78, 5) is 0. The fourth-order valence-electron chi connectivity index (χ4n) is 3.22. The van der Waals surface area contributed by atoms with Crippen molar-refractivity contribution in [2.45, 2.75) is 70.0 Å². The fourth-order valence-corrected chi connectivity index (χ4v) is 3.22. The van der Waals surface area contributed by atoms with Gasteiger partial charge in [0.1, 0.15) is 31.0 Å². The molecular formula is C16H26O7. The zero-order chi connectivity index (χ0) is 16.7. The van der Waals surface area contributed by atoms with Crippen LogP contribution in [-0.4, -0.2) is 62.1 Å². The summed E-state index contributed by atoms with van der Waals surface area (Å²) in [7, 11) is 0. The molecule has 3 fully saturated rings. The van der Waals surface area contributed by atoms with Gasteiger partial charge >= 0.3 is 0 Å². The van der Waals surface area contributed by atoms with Gasteiger partial charge in [-0.05, 0) is 27.7 Å². The zero-order valence-electron chi connectivity index (χ0n) is 14.2. The van der Waals surface area contributed by atoms with E-state index in [9.17, 15) is 0 Å². The molecule has 0 aromatic rings. The van der Waals surface area contributed by atoms with Gasteiger partial charge in [-0.2, -0.15) is 0 Å². The van der Waals surface area contributed by atoms with Crippen molar-refractivity contribution in [3.8, 4) is 0 Å². The molecule has 0 aromatic heterocycles. The minimum atomic E-state index is -0.705. The largest absolute Gasteiger partial charge is 0.499 e. The van der Waals surface area contributed by atoms with Crippen molar-refractivity contribution in [1.29, 1.82) is 0 Å². The molecule has 0 aromatic carbocycles. The Kier molecular flexibility index (Phi) is 4.70. The molecule has 7 nitrogen and oxygen atoms in total. The maximum Gasteiger partial charge on any atom is 0.190 e. The second-order valence-corrected chi connectivity index (χ2v) is 6.82. The van der Waals surface area contributed by atoms with Crippen LogP contribution in [0.25, 0.3) is 0 Å². The Morgan fingerprint density at radius 1 is 0.913 bits per heavy atom. The summed E-state index contributed by atoms with van der Waals surface area (Å²) in [6.45, 7) is 12.3. The lowest BCUT2D eigenvalue weighted by molar-refractivity contribution is -0.243.